The van der Waals surface area contributed by atoms with Crippen molar-refractivity contribution in [3.63, 3.8) is 0 Å². The van der Waals surface area contributed by atoms with Crippen LogP contribution in [0.4, 0.5) is 8.78 Å². The van der Waals surface area contributed by atoms with Gasteiger partial charge in [0.25, 0.3) is 12.3 Å². The second kappa shape index (κ2) is 6.42. The first-order chi connectivity index (χ1) is 11.0. The van der Waals surface area contributed by atoms with E-state index in [0.29, 0.717) is 31.5 Å². The van der Waals surface area contributed by atoms with Crippen LogP contribution < -0.4 is 0 Å². The number of carbonyl (C=O) groups is 1. The molecule has 0 N–H and O–H groups in total. The van der Waals surface area contributed by atoms with E-state index in [1.54, 1.807) is 4.90 Å². The standard InChI is InChI=1S/C17H23F2N3O/c1-11(2)7-22-10-14(16(18)19)15(20-22)17(23)21-8-12-5-3-4-6-13(12)9-21/h3-4,10-13,16H,5-9H2,1-2H3. The Kier molecular flexibility index (Phi) is 4.50. The molecule has 1 saturated heterocycles. The first kappa shape index (κ1) is 16.1. The molecule has 2 atom stereocenters. The number of likely N-dealkylation sites (tertiary alicyclic amines) is 1. The number of halogens is 2. The monoisotopic (exact) mass is 323 g/mol. The van der Waals surface area contributed by atoms with Crippen LogP contribution >= 0.6 is 0 Å². The molecule has 1 aliphatic heterocycles. The Bertz CT molecular complexity index is 593. The predicted molar refractivity (Wildman–Crippen MR) is 83.3 cm³/mol. The molecule has 0 radical (unpaired) electrons. The number of amides is 1. The molecule has 0 bridgehead atoms. The molecule has 6 heteroatoms. The number of hydrogen-bond donors (Lipinski definition) is 0. The van der Waals surface area contributed by atoms with Crippen molar-refractivity contribution in [1.82, 2.24) is 14.7 Å². The van der Waals surface area contributed by atoms with Crippen LogP contribution in [0, 0.1) is 17.8 Å². The Labute approximate surface area is 135 Å². The summed E-state index contributed by atoms with van der Waals surface area (Å²) in [5.74, 6) is 0.842. The van der Waals surface area contributed by atoms with Crippen LogP contribution in [-0.2, 0) is 6.54 Å². The molecule has 0 spiro atoms. The van der Waals surface area contributed by atoms with E-state index >= 15 is 0 Å². The maximum Gasteiger partial charge on any atom is 0.274 e. The lowest BCUT2D eigenvalue weighted by atomic mass is 9.86. The average molecular weight is 323 g/mol. The molecule has 1 fully saturated rings. The third kappa shape index (κ3) is 3.31. The van der Waals surface area contributed by atoms with E-state index in [1.807, 2.05) is 13.8 Å². The summed E-state index contributed by atoms with van der Waals surface area (Å²) in [6, 6.07) is 0. The van der Waals surface area contributed by atoms with Crippen LogP contribution in [0.2, 0.25) is 0 Å². The third-order valence-corrected chi connectivity index (χ3v) is 4.69. The number of rotatable bonds is 4. The van der Waals surface area contributed by atoms with Gasteiger partial charge in [-0.25, -0.2) is 8.78 Å². The maximum absolute atomic E-state index is 13.3. The fourth-order valence-corrected chi connectivity index (χ4v) is 3.56. The Morgan fingerprint density at radius 1 is 1.26 bits per heavy atom. The smallest absolute Gasteiger partial charge is 0.274 e. The van der Waals surface area contributed by atoms with E-state index in [1.165, 1.54) is 10.9 Å². The predicted octanol–water partition coefficient (Wildman–Crippen LogP) is 3.51. The van der Waals surface area contributed by atoms with Crippen molar-refractivity contribution in [2.24, 2.45) is 17.8 Å². The van der Waals surface area contributed by atoms with E-state index in [4.69, 9.17) is 0 Å². The summed E-state index contributed by atoms with van der Waals surface area (Å²) in [6.45, 7) is 5.80. The van der Waals surface area contributed by atoms with Crippen molar-refractivity contribution >= 4 is 5.91 Å². The van der Waals surface area contributed by atoms with Gasteiger partial charge in [0.05, 0.1) is 5.56 Å². The molecule has 2 aliphatic rings. The minimum atomic E-state index is -2.68. The first-order valence-corrected chi connectivity index (χ1v) is 8.25. The molecule has 4 nitrogen and oxygen atoms in total. The summed E-state index contributed by atoms with van der Waals surface area (Å²) < 4.78 is 28.1. The van der Waals surface area contributed by atoms with Crippen LogP contribution in [0.3, 0.4) is 0 Å². The molecule has 126 valence electrons. The zero-order chi connectivity index (χ0) is 16.6. The Balaban J connectivity index is 1.80. The van der Waals surface area contributed by atoms with Gasteiger partial charge < -0.3 is 4.90 Å². The van der Waals surface area contributed by atoms with Gasteiger partial charge in [0.1, 0.15) is 0 Å². The lowest BCUT2D eigenvalue weighted by molar-refractivity contribution is 0.0765. The lowest BCUT2D eigenvalue weighted by Gasteiger charge is -2.17. The highest BCUT2D eigenvalue weighted by Crippen LogP contribution is 2.34. The van der Waals surface area contributed by atoms with Crippen molar-refractivity contribution < 1.29 is 13.6 Å². The largest absolute Gasteiger partial charge is 0.337 e. The highest BCUT2D eigenvalue weighted by molar-refractivity contribution is 5.94. The molecule has 1 aromatic heterocycles. The van der Waals surface area contributed by atoms with Crippen LogP contribution in [-0.4, -0.2) is 33.7 Å². The second-order valence-corrected chi connectivity index (χ2v) is 7.02. The fourth-order valence-electron chi connectivity index (χ4n) is 3.56. The van der Waals surface area contributed by atoms with E-state index < -0.39 is 6.43 Å². The molecule has 3 rings (SSSR count). The van der Waals surface area contributed by atoms with Crippen molar-refractivity contribution in [3.05, 3.63) is 29.6 Å². The SMILES string of the molecule is CC(C)Cn1cc(C(F)F)c(C(=O)N2CC3CC=CCC3C2)n1. The van der Waals surface area contributed by atoms with Crippen LogP contribution in [0.25, 0.3) is 0 Å². The van der Waals surface area contributed by atoms with Crippen LogP contribution in [0.5, 0.6) is 0 Å². The summed E-state index contributed by atoms with van der Waals surface area (Å²) in [4.78, 5) is 14.4. The molecule has 1 aromatic rings. The van der Waals surface area contributed by atoms with Crippen molar-refractivity contribution in [2.45, 2.75) is 39.7 Å². The molecule has 23 heavy (non-hydrogen) atoms. The average Bonchev–Trinajstić information content (AvgIpc) is 3.09. The van der Waals surface area contributed by atoms with Crippen molar-refractivity contribution in [1.29, 1.82) is 0 Å². The zero-order valence-electron chi connectivity index (χ0n) is 13.6. The van der Waals surface area contributed by atoms with Gasteiger partial charge in [-0.2, -0.15) is 5.10 Å². The molecule has 0 saturated carbocycles. The molecule has 2 heterocycles. The Hall–Kier alpha value is -1.72. The summed E-state index contributed by atoms with van der Waals surface area (Å²) in [7, 11) is 0. The third-order valence-electron chi connectivity index (χ3n) is 4.69. The highest BCUT2D eigenvalue weighted by atomic mass is 19.3. The molecule has 0 aromatic carbocycles. The van der Waals surface area contributed by atoms with E-state index in [9.17, 15) is 13.6 Å². The summed E-state index contributed by atoms with van der Waals surface area (Å²) in [6.07, 6.45) is 4.88. The fraction of sp³-hybridized carbons (Fsp3) is 0.647. The number of fused-ring (bicyclic) bond motifs is 1. The topological polar surface area (TPSA) is 38.1 Å². The van der Waals surface area contributed by atoms with Crippen molar-refractivity contribution in [2.75, 3.05) is 13.1 Å². The van der Waals surface area contributed by atoms with E-state index in [2.05, 4.69) is 17.3 Å². The maximum atomic E-state index is 13.3. The number of aromatic nitrogens is 2. The zero-order valence-corrected chi connectivity index (χ0v) is 13.6. The Morgan fingerprint density at radius 2 is 1.87 bits per heavy atom. The molecule has 2 unspecified atom stereocenters. The molecule has 1 aliphatic carbocycles. The highest BCUT2D eigenvalue weighted by Gasteiger charge is 2.37. The van der Waals surface area contributed by atoms with E-state index in [0.717, 1.165) is 12.8 Å². The minimum Gasteiger partial charge on any atom is -0.337 e. The van der Waals surface area contributed by atoms with Gasteiger partial charge in [0, 0.05) is 25.8 Å². The van der Waals surface area contributed by atoms with Gasteiger partial charge in [-0.05, 0) is 30.6 Å². The summed E-state index contributed by atoms with van der Waals surface area (Å²) in [5, 5.41) is 4.16. The van der Waals surface area contributed by atoms with Gasteiger partial charge in [-0.15, -0.1) is 0 Å². The second-order valence-electron chi connectivity index (χ2n) is 7.02. The minimum absolute atomic E-state index is 0.0766. The van der Waals surface area contributed by atoms with Crippen molar-refractivity contribution in [3.8, 4) is 0 Å². The van der Waals surface area contributed by atoms with Gasteiger partial charge in [-0.3, -0.25) is 9.48 Å². The Morgan fingerprint density at radius 3 is 2.39 bits per heavy atom. The molecule has 1 amide bonds. The van der Waals surface area contributed by atoms with Gasteiger partial charge in [-0.1, -0.05) is 26.0 Å². The summed E-state index contributed by atoms with van der Waals surface area (Å²) in [5.41, 5.74) is -0.323. The molecular formula is C17H23F2N3O. The normalized spacial score (nSPS) is 23.8. The number of hydrogen-bond acceptors (Lipinski definition) is 2. The number of alkyl halides is 2. The lowest BCUT2D eigenvalue weighted by Crippen LogP contribution is -2.30. The number of nitrogens with zero attached hydrogens (tertiary/aromatic N) is 3. The van der Waals surface area contributed by atoms with Gasteiger partial charge >= 0.3 is 0 Å². The number of allylic oxidation sites excluding steroid dienone is 2. The van der Waals surface area contributed by atoms with Gasteiger partial charge in [0.2, 0.25) is 0 Å². The van der Waals surface area contributed by atoms with Gasteiger partial charge in [0.15, 0.2) is 5.69 Å². The van der Waals surface area contributed by atoms with Crippen LogP contribution in [0.1, 0.15) is 49.2 Å². The first-order valence-electron chi connectivity index (χ1n) is 8.25. The molecular weight excluding hydrogens is 300 g/mol. The summed E-state index contributed by atoms with van der Waals surface area (Å²) >= 11 is 0. The number of carbonyl (C=O) groups excluding carboxylic acids is 1. The quantitative estimate of drug-likeness (QED) is 0.795. The van der Waals surface area contributed by atoms with E-state index in [-0.39, 0.29) is 23.1 Å². The van der Waals surface area contributed by atoms with Crippen LogP contribution in [0.15, 0.2) is 18.3 Å².